The molecular formula is C14H12ClN5O2S. The Bertz CT molecular complexity index is 924. The average molecular weight is 350 g/mol. The lowest BCUT2D eigenvalue weighted by Gasteiger charge is -2.08. The number of H-pyrrole nitrogens is 1. The van der Waals surface area contributed by atoms with Crippen molar-refractivity contribution >= 4 is 33.1 Å². The summed E-state index contributed by atoms with van der Waals surface area (Å²) in [6.45, 7) is 1.76. The zero-order valence-electron chi connectivity index (χ0n) is 12.0. The summed E-state index contributed by atoms with van der Waals surface area (Å²) in [5, 5.41) is 16.7. The van der Waals surface area contributed by atoms with Gasteiger partial charge in [0.05, 0.1) is 9.79 Å². The molecule has 23 heavy (non-hydrogen) atoms. The predicted molar refractivity (Wildman–Crippen MR) is 85.5 cm³/mol. The van der Waals surface area contributed by atoms with Gasteiger partial charge in [0.25, 0.3) is 5.95 Å². The van der Waals surface area contributed by atoms with Gasteiger partial charge in [0.1, 0.15) is 0 Å². The summed E-state index contributed by atoms with van der Waals surface area (Å²) in [6, 6.07) is 10.9. The van der Waals surface area contributed by atoms with Gasteiger partial charge in [0, 0.05) is 10.7 Å². The topological polar surface area (TPSA) is 101 Å². The van der Waals surface area contributed by atoms with Crippen molar-refractivity contribution in [1.29, 1.82) is 0 Å². The highest BCUT2D eigenvalue weighted by atomic mass is 35.5. The molecule has 0 spiro atoms. The van der Waals surface area contributed by atoms with Crippen LogP contribution in [-0.2, 0) is 9.84 Å². The average Bonchev–Trinajstić information content (AvgIpc) is 3.03. The fourth-order valence-corrected chi connectivity index (χ4v) is 3.44. The first-order chi connectivity index (χ1) is 11.0. The first-order valence-corrected chi connectivity index (χ1v) is 8.45. The van der Waals surface area contributed by atoms with E-state index in [0.717, 1.165) is 0 Å². The second-order valence-corrected chi connectivity index (χ2v) is 7.16. The number of sulfone groups is 1. The first kappa shape index (κ1) is 15.4. The van der Waals surface area contributed by atoms with Crippen LogP contribution in [0.15, 0.2) is 52.3 Å². The number of nitrogens with one attached hydrogen (secondary N) is 2. The lowest BCUT2D eigenvalue weighted by atomic mass is 10.2. The Morgan fingerprint density at radius 1 is 1.09 bits per heavy atom. The highest BCUT2D eigenvalue weighted by Crippen LogP contribution is 2.26. The SMILES string of the molecule is Cc1cc(S(=O)(=O)c2ccc(Nc3nn[nH]n3)cc2)ccc1Cl. The Morgan fingerprint density at radius 2 is 1.78 bits per heavy atom. The number of hydrogen-bond donors (Lipinski definition) is 2. The minimum absolute atomic E-state index is 0.192. The van der Waals surface area contributed by atoms with Gasteiger partial charge in [-0.15, -0.1) is 5.10 Å². The third-order valence-corrected chi connectivity index (χ3v) is 5.40. The van der Waals surface area contributed by atoms with E-state index in [2.05, 4.69) is 25.9 Å². The molecule has 0 fully saturated rings. The van der Waals surface area contributed by atoms with Crippen molar-refractivity contribution in [2.45, 2.75) is 16.7 Å². The highest BCUT2D eigenvalue weighted by Gasteiger charge is 2.18. The monoisotopic (exact) mass is 349 g/mol. The Hall–Kier alpha value is -2.45. The standard InChI is InChI=1S/C14H12ClN5O2S/c1-9-8-12(6-7-13(9)15)23(21,22)11-4-2-10(3-5-11)16-14-17-19-20-18-14/h2-8H,1H3,(H2,16,17,18,19,20). The van der Waals surface area contributed by atoms with Crippen molar-refractivity contribution in [3.63, 3.8) is 0 Å². The molecule has 7 nitrogen and oxygen atoms in total. The van der Waals surface area contributed by atoms with Crippen molar-refractivity contribution in [1.82, 2.24) is 20.6 Å². The van der Waals surface area contributed by atoms with Crippen LogP contribution in [0.2, 0.25) is 5.02 Å². The van der Waals surface area contributed by atoms with Gasteiger partial charge < -0.3 is 5.32 Å². The fourth-order valence-electron chi connectivity index (χ4n) is 1.98. The molecule has 0 aliphatic carbocycles. The third kappa shape index (κ3) is 3.17. The van der Waals surface area contributed by atoms with E-state index in [1.807, 2.05) is 0 Å². The summed E-state index contributed by atoms with van der Waals surface area (Å²) < 4.78 is 25.2. The molecule has 3 aromatic rings. The van der Waals surface area contributed by atoms with Gasteiger partial charge in [-0.25, -0.2) is 8.42 Å². The van der Waals surface area contributed by atoms with Crippen molar-refractivity contribution < 1.29 is 8.42 Å². The van der Waals surface area contributed by atoms with Crippen LogP contribution in [0.1, 0.15) is 5.56 Å². The number of benzene rings is 2. The number of aryl methyl sites for hydroxylation is 1. The lowest BCUT2D eigenvalue weighted by molar-refractivity contribution is 0.596. The molecule has 0 saturated carbocycles. The molecule has 0 bridgehead atoms. The van der Waals surface area contributed by atoms with Crippen molar-refractivity contribution in [3.05, 3.63) is 53.1 Å². The molecule has 0 aliphatic heterocycles. The van der Waals surface area contributed by atoms with Crippen LogP contribution < -0.4 is 5.32 Å². The summed E-state index contributed by atoms with van der Waals surface area (Å²) in [5.41, 5.74) is 1.36. The molecule has 9 heteroatoms. The van der Waals surface area contributed by atoms with Crippen LogP contribution >= 0.6 is 11.6 Å². The zero-order valence-corrected chi connectivity index (χ0v) is 13.6. The van der Waals surface area contributed by atoms with Crippen molar-refractivity contribution in [3.8, 4) is 0 Å². The van der Waals surface area contributed by atoms with Gasteiger partial charge in [-0.05, 0) is 60.2 Å². The van der Waals surface area contributed by atoms with Gasteiger partial charge in [-0.1, -0.05) is 16.7 Å². The molecule has 0 unspecified atom stereocenters. The molecule has 0 aliphatic rings. The van der Waals surface area contributed by atoms with Gasteiger partial charge in [-0.2, -0.15) is 5.21 Å². The minimum Gasteiger partial charge on any atom is -0.322 e. The van der Waals surface area contributed by atoms with Crippen LogP contribution in [0.25, 0.3) is 0 Å². The Labute approximate surface area is 137 Å². The molecule has 3 rings (SSSR count). The number of nitrogens with zero attached hydrogens (tertiary/aromatic N) is 3. The minimum atomic E-state index is -3.59. The Morgan fingerprint density at radius 3 is 2.39 bits per heavy atom. The molecule has 2 N–H and O–H groups in total. The molecule has 118 valence electrons. The van der Waals surface area contributed by atoms with E-state index in [0.29, 0.717) is 22.2 Å². The number of aromatic amines is 1. The number of aromatic nitrogens is 4. The molecule has 2 aromatic carbocycles. The first-order valence-electron chi connectivity index (χ1n) is 6.58. The van der Waals surface area contributed by atoms with Crippen molar-refractivity contribution in [2.75, 3.05) is 5.32 Å². The van der Waals surface area contributed by atoms with Crippen LogP contribution in [0.3, 0.4) is 0 Å². The number of halogens is 1. The number of hydrogen-bond acceptors (Lipinski definition) is 6. The summed E-state index contributed by atoms with van der Waals surface area (Å²) in [4.78, 5) is 0.399. The Kier molecular flexibility index (Phi) is 4.01. The zero-order chi connectivity index (χ0) is 16.4. The van der Waals surface area contributed by atoms with E-state index in [4.69, 9.17) is 11.6 Å². The van der Waals surface area contributed by atoms with E-state index in [-0.39, 0.29) is 9.79 Å². The smallest absolute Gasteiger partial charge is 0.267 e. The summed E-state index contributed by atoms with van der Waals surface area (Å²) in [7, 11) is -3.59. The van der Waals surface area contributed by atoms with Crippen LogP contribution in [0.5, 0.6) is 0 Å². The maximum Gasteiger partial charge on any atom is 0.267 e. The number of tetrazole rings is 1. The predicted octanol–water partition coefficient (Wildman–Crippen LogP) is 2.74. The summed E-state index contributed by atoms with van der Waals surface area (Å²) >= 11 is 5.94. The summed E-state index contributed by atoms with van der Waals surface area (Å²) in [6.07, 6.45) is 0. The second-order valence-electron chi connectivity index (χ2n) is 4.80. The van der Waals surface area contributed by atoms with Crippen molar-refractivity contribution in [2.24, 2.45) is 0 Å². The normalized spacial score (nSPS) is 11.4. The van der Waals surface area contributed by atoms with E-state index in [1.165, 1.54) is 18.2 Å². The molecule has 0 amide bonds. The fraction of sp³-hybridized carbons (Fsp3) is 0.0714. The Balaban J connectivity index is 1.89. The van der Waals surface area contributed by atoms with Gasteiger partial charge >= 0.3 is 0 Å². The molecule has 1 heterocycles. The van der Waals surface area contributed by atoms with E-state index in [9.17, 15) is 8.42 Å². The number of anilines is 2. The molecule has 0 saturated heterocycles. The highest BCUT2D eigenvalue weighted by molar-refractivity contribution is 7.91. The maximum atomic E-state index is 12.6. The van der Waals surface area contributed by atoms with Gasteiger partial charge in [-0.3, -0.25) is 0 Å². The third-order valence-electron chi connectivity index (χ3n) is 3.21. The van der Waals surface area contributed by atoms with Crippen LogP contribution in [0, 0.1) is 6.92 Å². The van der Waals surface area contributed by atoms with E-state index in [1.54, 1.807) is 31.2 Å². The van der Waals surface area contributed by atoms with Gasteiger partial charge in [0.15, 0.2) is 0 Å². The number of rotatable bonds is 4. The maximum absolute atomic E-state index is 12.6. The van der Waals surface area contributed by atoms with Crippen LogP contribution in [0.4, 0.5) is 11.6 Å². The van der Waals surface area contributed by atoms with Gasteiger partial charge in [0.2, 0.25) is 9.84 Å². The second kappa shape index (κ2) is 5.98. The van der Waals surface area contributed by atoms with Crippen LogP contribution in [-0.4, -0.2) is 29.0 Å². The largest absolute Gasteiger partial charge is 0.322 e. The van der Waals surface area contributed by atoms with E-state index >= 15 is 0 Å². The lowest BCUT2D eigenvalue weighted by Crippen LogP contribution is -2.02. The summed E-state index contributed by atoms with van der Waals surface area (Å²) in [5.74, 6) is 0.300. The molecular weight excluding hydrogens is 338 g/mol. The quantitative estimate of drug-likeness (QED) is 0.751. The molecule has 1 aromatic heterocycles. The molecule has 0 atom stereocenters. The van der Waals surface area contributed by atoms with E-state index < -0.39 is 9.84 Å². The molecule has 0 radical (unpaired) electrons.